The van der Waals surface area contributed by atoms with E-state index in [-0.39, 0.29) is 28.8 Å². The highest BCUT2D eigenvalue weighted by atomic mass is 19.1. The quantitative estimate of drug-likeness (QED) is 0.901. The van der Waals surface area contributed by atoms with Crippen LogP contribution in [-0.4, -0.2) is 58.1 Å². The summed E-state index contributed by atoms with van der Waals surface area (Å²) in [6.45, 7) is 4.64. The molecular weight excluding hydrogens is 341 g/mol. The molecule has 1 aliphatic rings. The first-order valence-electron chi connectivity index (χ1n) is 8.37. The number of aromatic nitrogens is 1. The van der Waals surface area contributed by atoms with Crippen molar-refractivity contribution >= 4 is 11.8 Å². The summed E-state index contributed by atoms with van der Waals surface area (Å²) in [4.78, 5) is 27.8. The summed E-state index contributed by atoms with van der Waals surface area (Å²) in [6, 6.07) is 5.55. The molecule has 2 aromatic rings. The third-order valence-corrected chi connectivity index (χ3v) is 4.44. The third-order valence-electron chi connectivity index (χ3n) is 4.44. The van der Waals surface area contributed by atoms with Gasteiger partial charge in [0.15, 0.2) is 5.76 Å². The van der Waals surface area contributed by atoms with E-state index in [1.807, 2.05) is 0 Å². The molecule has 0 aliphatic carbocycles. The maximum atomic E-state index is 13.2. The van der Waals surface area contributed by atoms with Crippen molar-refractivity contribution in [3.8, 4) is 11.3 Å². The summed E-state index contributed by atoms with van der Waals surface area (Å²) in [5.41, 5.74) is 0.954. The minimum absolute atomic E-state index is 0.0289. The van der Waals surface area contributed by atoms with Crippen LogP contribution in [0.2, 0.25) is 0 Å². The highest BCUT2D eigenvalue weighted by Crippen LogP contribution is 2.30. The van der Waals surface area contributed by atoms with Crippen LogP contribution in [0, 0.1) is 5.82 Å². The number of rotatable bonds is 3. The minimum atomic E-state index is -1.02. The molecule has 1 N–H and O–H groups in total. The predicted octanol–water partition coefficient (Wildman–Crippen LogP) is 1.84. The van der Waals surface area contributed by atoms with Gasteiger partial charge < -0.3 is 19.4 Å². The lowest BCUT2D eigenvalue weighted by molar-refractivity contribution is -0.130. The van der Waals surface area contributed by atoms with Gasteiger partial charge in [-0.25, -0.2) is 4.39 Å². The zero-order chi connectivity index (χ0) is 18.8. The minimum Gasteiger partial charge on any atom is -0.385 e. The van der Waals surface area contributed by atoms with Crippen molar-refractivity contribution in [3.63, 3.8) is 0 Å². The molecule has 2 amide bonds. The second-order valence-electron chi connectivity index (χ2n) is 6.25. The number of carbonyl (C=O) groups excluding carboxylic acids is 2. The number of carbonyl (C=O) groups is 2. The Morgan fingerprint density at radius 2 is 1.73 bits per heavy atom. The van der Waals surface area contributed by atoms with Crippen LogP contribution >= 0.6 is 0 Å². The van der Waals surface area contributed by atoms with Gasteiger partial charge in [-0.3, -0.25) is 9.59 Å². The van der Waals surface area contributed by atoms with Gasteiger partial charge in [0, 0.05) is 38.7 Å². The maximum absolute atomic E-state index is 13.2. The average molecular weight is 361 g/mol. The monoisotopic (exact) mass is 361 g/mol. The Morgan fingerprint density at radius 3 is 2.27 bits per heavy atom. The van der Waals surface area contributed by atoms with Crippen LogP contribution in [0.4, 0.5) is 4.39 Å². The van der Waals surface area contributed by atoms with Gasteiger partial charge in [0.25, 0.3) is 5.91 Å². The molecule has 138 valence electrons. The summed E-state index contributed by atoms with van der Waals surface area (Å²) in [7, 11) is 0. The molecule has 3 rings (SSSR count). The molecule has 0 unspecified atom stereocenters. The van der Waals surface area contributed by atoms with E-state index in [0.29, 0.717) is 31.7 Å². The second-order valence-corrected chi connectivity index (χ2v) is 6.25. The van der Waals surface area contributed by atoms with Crippen LogP contribution in [-0.2, 0) is 4.79 Å². The highest BCUT2D eigenvalue weighted by Gasteiger charge is 2.31. The summed E-state index contributed by atoms with van der Waals surface area (Å²) < 4.78 is 18.4. The first kappa shape index (κ1) is 18.1. The molecule has 1 aliphatic heterocycles. The molecule has 0 radical (unpaired) electrons. The molecule has 2 heterocycles. The van der Waals surface area contributed by atoms with Gasteiger partial charge in [-0.05, 0) is 31.2 Å². The van der Waals surface area contributed by atoms with Gasteiger partial charge in [-0.15, -0.1) is 0 Å². The van der Waals surface area contributed by atoms with Crippen LogP contribution in [0.15, 0.2) is 28.8 Å². The number of aliphatic hydroxyl groups excluding tert-OH is 1. The topological polar surface area (TPSA) is 86.9 Å². The van der Waals surface area contributed by atoms with E-state index >= 15 is 0 Å². The van der Waals surface area contributed by atoms with Gasteiger partial charge in [-0.2, -0.15) is 0 Å². The van der Waals surface area contributed by atoms with E-state index in [1.165, 1.54) is 38.1 Å². The van der Waals surface area contributed by atoms with Crippen LogP contribution in [0.25, 0.3) is 11.3 Å². The standard InChI is InChI=1S/C18H20FN3O4/c1-11(23)17-15(16(20-26-17)13-3-5-14(19)6-4-13)18(25)22-9-7-21(8-10-22)12(2)24/h3-6,11,23H,7-10H2,1-2H3/t11-/m0/s1. The van der Waals surface area contributed by atoms with Crippen molar-refractivity contribution in [2.24, 2.45) is 0 Å². The Hall–Kier alpha value is -2.74. The summed E-state index contributed by atoms with van der Waals surface area (Å²) in [5, 5.41) is 13.9. The predicted molar refractivity (Wildman–Crippen MR) is 90.7 cm³/mol. The second kappa shape index (κ2) is 7.25. The van der Waals surface area contributed by atoms with Crippen LogP contribution in [0.1, 0.15) is 36.1 Å². The molecule has 1 fully saturated rings. The molecule has 1 aromatic carbocycles. The van der Waals surface area contributed by atoms with Crippen LogP contribution in [0.5, 0.6) is 0 Å². The Kier molecular flexibility index (Phi) is 5.03. The van der Waals surface area contributed by atoms with E-state index in [4.69, 9.17) is 4.52 Å². The fourth-order valence-electron chi connectivity index (χ4n) is 2.98. The molecular formula is C18H20FN3O4. The Bertz CT molecular complexity index is 808. The van der Waals surface area contributed by atoms with E-state index in [9.17, 15) is 19.1 Å². The first-order valence-corrected chi connectivity index (χ1v) is 8.37. The van der Waals surface area contributed by atoms with Crippen LogP contribution < -0.4 is 0 Å². The zero-order valence-corrected chi connectivity index (χ0v) is 14.6. The molecule has 26 heavy (non-hydrogen) atoms. The van der Waals surface area contributed by atoms with Crippen LogP contribution in [0.3, 0.4) is 0 Å². The van der Waals surface area contributed by atoms with Crippen molar-refractivity contribution in [1.29, 1.82) is 0 Å². The number of piperazine rings is 1. The van der Waals surface area contributed by atoms with Gasteiger partial charge >= 0.3 is 0 Å². The smallest absolute Gasteiger partial charge is 0.259 e. The van der Waals surface area contributed by atoms with Crippen molar-refractivity contribution in [1.82, 2.24) is 15.0 Å². The molecule has 0 spiro atoms. The van der Waals surface area contributed by atoms with Crippen molar-refractivity contribution in [2.45, 2.75) is 20.0 Å². The Labute approximate surface area is 150 Å². The van der Waals surface area contributed by atoms with E-state index in [2.05, 4.69) is 5.16 Å². The van der Waals surface area contributed by atoms with Crippen molar-refractivity contribution in [3.05, 3.63) is 41.4 Å². The maximum Gasteiger partial charge on any atom is 0.259 e. The number of hydrogen-bond donors (Lipinski definition) is 1. The number of benzene rings is 1. The van der Waals surface area contributed by atoms with Gasteiger partial charge in [0.2, 0.25) is 5.91 Å². The largest absolute Gasteiger partial charge is 0.385 e. The molecule has 1 saturated heterocycles. The Morgan fingerprint density at radius 1 is 1.15 bits per heavy atom. The van der Waals surface area contributed by atoms with Crippen molar-refractivity contribution in [2.75, 3.05) is 26.2 Å². The molecule has 7 nitrogen and oxygen atoms in total. The normalized spacial score (nSPS) is 15.8. The molecule has 1 atom stereocenters. The van der Waals surface area contributed by atoms with Gasteiger partial charge in [-0.1, -0.05) is 5.16 Å². The molecule has 1 aromatic heterocycles. The van der Waals surface area contributed by atoms with Gasteiger partial charge in [0.05, 0.1) is 0 Å². The number of hydrogen-bond acceptors (Lipinski definition) is 5. The summed E-state index contributed by atoms with van der Waals surface area (Å²) >= 11 is 0. The SMILES string of the molecule is CC(=O)N1CCN(C(=O)c2c(-c3ccc(F)cc3)noc2[C@H](C)O)CC1. The zero-order valence-electron chi connectivity index (χ0n) is 14.6. The number of halogens is 1. The fourth-order valence-corrected chi connectivity index (χ4v) is 2.98. The van der Waals surface area contributed by atoms with E-state index in [0.717, 1.165) is 0 Å². The molecule has 0 saturated carbocycles. The number of aliphatic hydroxyl groups is 1. The summed E-state index contributed by atoms with van der Waals surface area (Å²) in [6.07, 6.45) is -1.02. The lowest BCUT2D eigenvalue weighted by Crippen LogP contribution is -2.50. The molecule has 8 heteroatoms. The van der Waals surface area contributed by atoms with E-state index < -0.39 is 11.9 Å². The summed E-state index contributed by atoms with van der Waals surface area (Å²) in [5.74, 6) is -0.687. The lowest BCUT2D eigenvalue weighted by atomic mass is 10.0. The molecule has 0 bridgehead atoms. The van der Waals surface area contributed by atoms with Gasteiger partial charge in [0.1, 0.15) is 23.2 Å². The Balaban J connectivity index is 1.92. The third kappa shape index (κ3) is 3.45. The average Bonchev–Trinajstić information content (AvgIpc) is 3.07. The van der Waals surface area contributed by atoms with E-state index in [1.54, 1.807) is 9.80 Å². The first-order chi connectivity index (χ1) is 12.4. The highest BCUT2D eigenvalue weighted by molar-refractivity contribution is 6.01. The lowest BCUT2D eigenvalue weighted by Gasteiger charge is -2.34. The number of amides is 2. The van der Waals surface area contributed by atoms with Crippen molar-refractivity contribution < 1.29 is 23.6 Å². The number of nitrogens with zero attached hydrogens (tertiary/aromatic N) is 3. The fraction of sp³-hybridized carbons (Fsp3) is 0.389.